The number of nitrogens with zero attached hydrogens (tertiary/aromatic N) is 4. The maximum Gasteiger partial charge on any atom is 0.192 e. The topological polar surface area (TPSA) is 76.4 Å². The van der Waals surface area contributed by atoms with Crippen molar-refractivity contribution in [1.29, 1.82) is 0 Å². The zero-order chi connectivity index (χ0) is 18.8. The number of guanidine groups is 1. The van der Waals surface area contributed by atoms with Crippen LogP contribution in [0.2, 0.25) is 0 Å². The third kappa shape index (κ3) is 6.94. The predicted molar refractivity (Wildman–Crippen MR) is 105 cm³/mol. The molecule has 2 unspecified atom stereocenters. The Morgan fingerprint density at radius 1 is 1.35 bits per heavy atom. The number of nitrogens with one attached hydrogen (secondary N) is 2. The summed E-state index contributed by atoms with van der Waals surface area (Å²) in [6.45, 7) is 8.61. The lowest BCUT2D eigenvalue weighted by Gasteiger charge is -2.20. The van der Waals surface area contributed by atoms with E-state index in [1.165, 1.54) is 25.7 Å². The fourth-order valence-electron chi connectivity index (χ4n) is 3.09. The molecule has 1 aliphatic rings. The van der Waals surface area contributed by atoms with Gasteiger partial charge in [-0.15, -0.1) is 10.2 Å². The smallest absolute Gasteiger partial charge is 0.192 e. The van der Waals surface area contributed by atoms with E-state index in [1.807, 2.05) is 18.5 Å². The highest BCUT2D eigenvalue weighted by Gasteiger charge is 2.16. The van der Waals surface area contributed by atoms with E-state index in [1.54, 1.807) is 0 Å². The highest BCUT2D eigenvalue weighted by Crippen LogP contribution is 2.10. The van der Waals surface area contributed by atoms with Crippen molar-refractivity contribution in [3.05, 3.63) is 11.6 Å². The van der Waals surface area contributed by atoms with Gasteiger partial charge in [-0.05, 0) is 33.1 Å². The van der Waals surface area contributed by atoms with Crippen LogP contribution in [0, 0.1) is 6.92 Å². The Morgan fingerprint density at radius 3 is 2.85 bits per heavy atom. The van der Waals surface area contributed by atoms with Crippen LogP contribution in [0.25, 0.3) is 0 Å². The maximum atomic E-state index is 5.71. The number of aliphatic imine (C=N–C) groups is 1. The molecular weight excluding hydrogens is 328 g/mol. The second-order valence-electron chi connectivity index (χ2n) is 7.30. The van der Waals surface area contributed by atoms with Gasteiger partial charge in [-0.2, -0.15) is 0 Å². The summed E-state index contributed by atoms with van der Waals surface area (Å²) in [6.07, 6.45) is 8.86. The summed E-state index contributed by atoms with van der Waals surface area (Å²) in [6, 6.07) is 0.392. The number of ether oxygens (including phenoxy) is 1. The van der Waals surface area contributed by atoms with E-state index in [9.17, 15) is 0 Å². The molecular formula is C19H36N6O. The Labute approximate surface area is 158 Å². The van der Waals surface area contributed by atoms with Crippen LogP contribution in [0.5, 0.6) is 0 Å². The normalized spacial score (nSPS) is 18.9. The molecule has 7 nitrogen and oxygen atoms in total. The number of hydrogen-bond donors (Lipinski definition) is 2. The van der Waals surface area contributed by atoms with Crippen LogP contribution < -0.4 is 10.6 Å². The summed E-state index contributed by atoms with van der Waals surface area (Å²) in [4.78, 5) is 4.73. The minimum atomic E-state index is 0.291. The molecule has 0 spiro atoms. The summed E-state index contributed by atoms with van der Waals surface area (Å²) in [5, 5.41) is 15.3. The Bertz CT molecular complexity index is 550. The Morgan fingerprint density at radius 2 is 2.19 bits per heavy atom. The second-order valence-corrected chi connectivity index (χ2v) is 7.30. The van der Waals surface area contributed by atoms with Crippen LogP contribution in [-0.2, 0) is 18.3 Å². The van der Waals surface area contributed by atoms with Crippen LogP contribution in [0.1, 0.15) is 70.4 Å². The van der Waals surface area contributed by atoms with Gasteiger partial charge in [-0.1, -0.05) is 32.6 Å². The van der Waals surface area contributed by atoms with E-state index < -0.39 is 0 Å². The molecule has 0 radical (unpaired) electrons. The Balaban J connectivity index is 1.88. The molecule has 148 valence electrons. The molecule has 26 heavy (non-hydrogen) atoms. The van der Waals surface area contributed by atoms with Gasteiger partial charge in [0.1, 0.15) is 12.4 Å². The van der Waals surface area contributed by atoms with E-state index in [2.05, 4.69) is 34.7 Å². The summed E-state index contributed by atoms with van der Waals surface area (Å²) >= 11 is 0. The first kappa shape index (κ1) is 20.7. The van der Waals surface area contributed by atoms with E-state index in [0.29, 0.717) is 18.7 Å². The molecule has 0 saturated carbocycles. The highest BCUT2D eigenvalue weighted by molar-refractivity contribution is 5.80. The van der Waals surface area contributed by atoms with Gasteiger partial charge in [0, 0.05) is 26.2 Å². The van der Waals surface area contributed by atoms with Gasteiger partial charge in [0.2, 0.25) is 0 Å². The maximum absolute atomic E-state index is 5.71. The lowest BCUT2D eigenvalue weighted by Crippen LogP contribution is -2.44. The molecule has 1 fully saturated rings. The fourth-order valence-corrected chi connectivity index (χ4v) is 3.09. The standard InChI is InChI=1S/C19H36N6O/c1-5-6-7-8-10-15(2)22-19(20-13-17-11-9-12-26-17)21-14-18-24-23-16(3)25(18)4/h15,17H,5-14H2,1-4H3,(H2,20,21,22). The molecule has 1 saturated heterocycles. The molecule has 1 aliphatic heterocycles. The van der Waals surface area contributed by atoms with E-state index >= 15 is 0 Å². The molecule has 0 amide bonds. The van der Waals surface area contributed by atoms with Gasteiger partial charge in [0.15, 0.2) is 11.8 Å². The number of aromatic nitrogens is 3. The summed E-state index contributed by atoms with van der Waals surface area (Å²) in [7, 11) is 1.98. The average Bonchev–Trinajstić information content (AvgIpc) is 3.26. The van der Waals surface area contributed by atoms with Crippen molar-refractivity contribution in [1.82, 2.24) is 25.4 Å². The quantitative estimate of drug-likeness (QED) is 0.379. The van der Waals surface area contributed by atoms with Gasteiger partial charge in [0.25, 0.3) is 0 Å². The Kier molecular flexibility index (Phi) is 8.88. The molecule has 1 aromatic rings. The third-order valence-corrected chi connectivity index (χ3v) is 4.96. The van der Waals surface area contributed by atoms with E-state index in [4.69, 9.17) is 9.73 Å². The third-order valence-electron chi connectivity index (χ3n) is 4.96. The highest BCUT2D eigenvalue weighted by atomic mass is 16.5. The van der Waals surface area contributed by atoms with Crippen molar-refractivity contribution in [2.75, 3.05) is 13.2 Å². The largest absolute Gasteiger partial charge is 0.376 e. The first-order valence-electron chi connectivity index (χ1n) is 10.1. The van der Waals surface area contributed by atoms with E-state index in [-0.39, 0.29) is 0 Å². The summed E-state index contributed by atoms with van der Waals surface area (Å²) in [5.41, 5.74) is 0. The number of rotatable bonds is 10. The molecule has 1 aromatic heterocycles. The van der Waals surface area contributed by atoms with Gasteiger partial charge < -0.3 is 19.9 Å². The van der Waals surface area contributed by atoms with Crippen LogP contribution >= 0.6 is 0 Å². The van der Waals surface area contributed by atoms with Crippen molar-refractivity contribution in [2.24, 2.45) is 12.0 Å². The molecule has 0 bridgehead atoms. The summed E-state index contributed by atoms with van der Waals surface area (Å²) < 4.78 is 7.70. The zero-order valence-electron chi connectivity index (χ0n) is 16.9. The second kappa shape index (κ2) is 11.2. The SMILES string of the molecule is CCCCCCC(C)NC(=NCc1nnc(C)n1C)NCC1CCCO1. The zero-order valence-corrected chi connectivity index (χ0v) is 16.9. The van der Waals surface area contributed by atoms with Crippen molar-refractivity contribution in [3.63, 3.8) is 0 Å². The van der Waals surface area contributed by atoms with Crippen molar-refractivity contribution < 1.29 is 4.74 Å². The molecule has 2 N–H and O–H groups in total. The molecule has 2 rings (SSSR count). The van der Waals surface area contributed by atoms with Crippen molar-refractivity contribution in [3.8, 4) is 0 Å². The molecule has 0 aliphatic carbocycles. The van der Waals surface area contributed by atoms with E-state index in [0.717, 1.165) is 50.0 Å². The average molecular weight is 365 g/mol. The molecule has 7 heteroatoms. The van der Waals surface area contributed by atoms with Crippen LogP contribution in [0.4, 0.5) is 0 Å². The minimum Gasteiger partial charge on any atom is -0.376 e. The van der Waals surface area contributed by atoms with Crippen LogP contribution in [0.15, 0.2) is 4.99 Å². The molecule has 2 heterocycles. The first-order chi connectivity index (χ1) is 12.6. The lowest BCUT2D eigenvalue weighted by molar-refractivity contribution is 0.113. The Hall–Kier alpha value is -1.63. The number of unbranched alkanes of at least 4 members (excludes halogenated alkanes) is 3. The van der Waals surface area contributed by atoms with Gasteiger partial charge in [-0.25, -0.2) is 4.99 Å². The number of hydrogen-bond acceptors (Lipinski definition) is 4. The first-order valence-corrected chi connectivity index (χ1v) is 10.1. The fraction of sp³-hybridized carbons (Fsp3) is 0.842. The minimum absolute atomic E-state index is 0.291. The number of aryl methyl sites for hydroxylation is 1. The summed E-state index contributed by atoms with van der Waals surface area (Å²) in [5.74, 6) is 2.61. The molecule has 0 aromatic carbocycles. The van der Waals surface area contributed by atoms with Crippen LogP contribution in [0.3, 0.4) is 0 Å². The van der Waals surface area contributed by atoms with Gasteiger partial charge >= 0.3 is 0 Å². The lowest BCUT2D eigenvalue weighted by atomic mass is 10.1. The van der Waals surface area contributed by atoms with Crippen LogP contribution in [-0.4, -0.2) is 46.0 Å². The van der Waals surface area contributed by atoms with Gasteiger partial charge in [-0.3, -0.25) is 0 Å². The van der Waals surface area contributed by atoms with Gasteiger partial charge in [0.05, 0.1) is 6.10 Å². The monoisotopic (exact) mass is 364 g/mol. The predicted octanol–water partition coefficient (Wildman–Crippen LogP) is 2.70. The van der Waals surface area contributed by atoms with Crippen molar-refractivity contribution in [2.45, 2.75) is 84.4 Å². The molecule has 2 atom stereocenters. The van der Waals surface area contributed by atoms with Crippen molar-refractivity contribution >= 4 is 5.96 Å².